The molecule has 0 aliphatic carbocycles. The molecular formula is C15H13FN2O2. The molecule has 1 aliphatic heterocycles. The fourth-order valence-electron chi connectivity index (χ4n) is 2.12. The largest absolute Gasteiger partial charge is 0.493 e. The highest BCUT2D eigenvalue weighted by atomic mass is 19.1. The van der Waals surface area contributed by atoms with Gasteiger partial charge in [-0.25, -0.2) is 9.18 Å². The Morgan fingerprint density at radius 1 is 1.10 bits per heavy atom. The molecule has 20 heavy (non-hydrogen) atoms. The smallest absolute Gasteiger partial charge is 0.323 e. The van der Waals surface area contributed by atoms with Crippen LogP contribution in [0.4, 0.5) is 20.6 Å². The summed E-state index contributed by atoms with van der Waals surface area (Å²) in [5, 5.41) is 5.29. The molecule has 0 saturated heterocycles. The van der Waals surface area contributed by atoms with E-state index < -0.39 is 11.8 Å². The van der Waals surface area contributed by atoms with Crippen molar-refractivity contribution in [2.45, 2.75) is 6.42 Å². The summed E-state index contributed by atoms with van der Waals surface area (Å²) < 4.78 is 18.4. The van der Waals surface area contributed by atoms with Gasteiger partial charge in [-0.1, -0.05) is 6.07 Å². The third kappa shape index (κ3) is 2.71. The van der Waals surface area contributed by atoms with E-state index in [1.807, 2.05) is 12.1 Å². The van der Waals surface area contributed by atoms with Gasteiger partial charge in [0, 0.05) is 17.8 Å². The number of halogens is 1. The fraction of sp³-hybridized carbons (Fsp3) is 0.133. The minimum atomic E-state index is -0.408. The normalized spacial score (nSPS) is 12.4. The van der Waals surface area contributed by atoms with E-state index in [4.69, 9.17) is 4.74 Å². The Morgan fingerprint density at radius 3 is 2.70 bits per heavy atom. The Hall–Kier alpha value is -2.56. The van der Waals surface area contributed by atoms with E-state index in [0.717, 1.165) is 17.7 Å². The molecule has 0 radical (unpaired) electrons. The first-order chi connectivity index (χ1) is 9.70. The Morgan fingerprint density at radius 2 is 1.90 bits per heavy atom. The van der Waals surface area contributed by atoms with Crippen LogP contribution in [0.3, 0.4) is 0 Å². The van der Waals surface area contributed by atoms with Crippen molar-refractivity contribution < 1.29 is 13.9 Å². The van der Waals surface area contributed by atoms with E-state index in [-0.39, 0.29) is 0 Å². The lowest BCUT2D eigenvalue weighted by Gasteiger charge is -2.08. The number of hydrogen-bond acceptors (Lipinski definition) is 2. The molecule has 3 rings (SSSR count). The van der Waals surface area contributed by atoms with E-state index in [1.165, 1.54) is 18.2 Å². The molecule has 0 fully saturated rings. The third-order valence-corrected chi connectivity index (χ3v) is 3.03. The van der Waals surface area contributed by atoms with Crippen molar-refractivity contribution >= 4 is 17.4 Å². The summed E-state index contributed by atoms with van der Waals surface area (Å²) in [5.41, 5.74) is 2.17. The van der Waals surface area contributed by atoms with Crippen molar-refractivity contribution in [1.29, 1.82) is 0 Å². The molecule has 0 spiro atoms. The molecule has 2 amide bonds. The Labute approximate surface area is 115 Å². The van der Waals surface area contributed by atoms with Gasteiger partial charge in [0.25, 0.3) is 0 Å². The molecule has 1 aliphatic rings. The number of benzene rings is 2. The summed E-state index contributed by atoms with van der Waals surface area (Å²) in [7, 11) is 0. The maximum atomic E-state index is 13.0. The highest BCUT2D eigenvalue weighted by Crippen LogP contribution is 2.27. The number of hydrogen-bond donors (Lipinski definition) is 2. The van der Waals surface area contributed by atoms with Crippen LogP contribution in [0.2, 0.25) is 0 Å². The molecule has 0 saturated carbocycles. The number of anilines is 2. The molecule has 0 atom stereocenters. The Bertz CT molecular complexity index is 658. The first-order valence-electron chi connectivity index (χ1n) is 6.30. The van der Waals surface area contributed by atoms with E-state index in [9.17, 15) is 9.18 Å². The highest BCUT2D eigenvalue weighted by Gasteiger charge is 2.12. The van der Waals surface area contributed by atoms with Gasteiger partial charge in [0.1, 0.15) is 11.6 Å². The number of carbonyl (C=O) groups is 1. The van der Waals surface area contributed by atoms with Crippen LogP contribution in [0.25, 0.3) is 0 Å². The van der Waals surface area contributed by atoms with Crippen molar-refractivity contribution in [3.63, 3.8) is 0 Å². The van der Waals surface area contributed by atoms with Gasteiger partial charge in [0.2, 0.25) is 0 Å². The van der Waals surface area contributed by atoms with Gasteiger partial charge in [-0.3, -0.25) is 0 Å². The van der Waals surface area contributed by atoms with Crippen molar-refractivity contribution in [2.24, 2.45) is 0 Å². The van der Waals surface area contributed by atoms with Gasteiger partial charge in [-0.15, -0.1) is 0 Å². The van der Waals surface area contributed by atoms with Crippen LogP contribution in [0.1, 0.15) is 5.56 Å². The van der Waals surface area contributed by atoms with Crippen molar-refractivity contribution in [2.75, 3.05) is 17.2 Å². The number of amides is 2. The number of ether oxygens (including phenoxy) is 1. The predicted octanol–water partition coefficient (Wildman–Crippen LogP) is 3.40. The minimum Gasteiger partial charge on any atom is -0.493 e. The van der Waals surface area contributed by atoms with Crippen LogP contribution >= 0.6 is 0 Å². The number of nitrogens with one attached hydrogen (secondary N) is 2. The number of carbonyl (C=O) groups excluding carboxylic acids is 1. The second-order valence-electron chi connectivity index (χ2n) is 4.51. The maximum absolute atomic E-state index is 13.0. The first-order valence-corrected chi connectivity index (χ1v) is 6.30. The van der Waals surface area contributed by atoms with Crippen LogP contribution in [0.5, 0.6) is 5.75 Å². The van der Waals surface area contributed by atoms with Gasteiger partial charge in [0.05, 0.1) is 6.61 Å². The van der Waals surface area contributed by atoms with Crippen LogP contribution in [-0.4, -0.2) is 12.6 Å². The van der Waals surface area contributed by atoms with Gasteiger partial charge in [0.15, 0.2) is 0 Å². The zero-order valence-electron chi connectivity index (χ0n) is 10.7. The molecule has 4 nitrogen and oxygen atoms in total. The summed E-state index contributed by atoms with van der Waals surface area (Å²) >= 11 is 0. The highest BCUT2D eigenvalue weighted by molar-refractivity contribution is 5.99. The molecule has 5 heteroatoms. The lowest BCUT2D eigenvalue weighted by atomic mass is 10.1. The SMILES string of the molecule is O=C(Nc1cccc(F)c1)Nc1ccc2c(c1)CCO2. The van der Waals surface area contributed by atoms with Crippen molar-refractivity contribution in [3.8, 4) is 5.75 Å². The van der Waals surface area contributed by atoms with Gasteiger partial charge < -0.3 is 15.4 Å². The molecule has 2 N–H and O–H groups in total. The van der Waals surface area contributed by atoms with Crippen molar-refractivity contribution in [3.05, 3.63) is 53.8 Å². The summed E-state index contributed by atoms with van der Waals surface area (Å²) in [6.07, 6.45) is 0.844. The number of urea groups is 1. The molecule has 2 aromatic carbocycles. The Kier molecular flexibility index (Phi) is 3.25. The van der Waals surface area contributed by atoms with Crippen LogP contribution in [-0.2, 0) is 6.42 Å². The van der Waals surface area contributed by atoms with E-state index in [1.54, 1.807) is 12.1 Å². The van der Waals surface area contributed by atoms with E-state index in [0.29, 0.717) is 18.0 Å². The fourth-order valence-corrected chi connectivity index (χ4v) is 2.12. The van der Waals surface area contributed by atoms with E-state index >= 15 is 0 Å². The molecule has 2 aromatic rings. The quantitative estimate of drug-likeness (QED) is 0.880. The zero-order chi connectivity index (χ0) is 13.9. The second kappa shape index (κ2) is 5.21. The monoisotopic (exact) mass is 272 g/mol. The summed E-state index contributed by atoms with van der Waals surface area (Å²) in [4.78, 5) is 11.8. The van der Waals surface area contributed by atoms with Crippen LogP contribution in [0, 0.1) is 5.82 Å². The molecule has 102 valence electrons. The molecule has 0 aromatic heterocycles. The van der Waals surface area contributed by atoms with Gasteiger partial charge in [-0.2, -0.15) is 0 Å². The molecule has 1 heterocycles. The number of fused-ring (bicyclic) bond motifs is 1. The van der Waals surface area contributed by atoms with Crippen molar-refractivity contribution in [1.82, 2.24) is 0 Å². The lowest BCUT2D eigenvalue weighted by Crippen LogP contribution is -2.19. The van der Waals surface area contributed by atoms with E-state index in [2.05, 4.69) is 10.6 Å². The molecule has 0 bridgehead atoms. The lowest BCUT2D eigenvalue weighted by molar-refractivity contribution is 0.262. The topological polar surface area (TPSA) is 50.4 Å². The van der Waals surface area contributed by atoms with Gasteiger partial charge in [-0.05, 0) is 42.0 Å². The molecule has 0 unspecified atom stereocenters. The third-order valence-electron chi connectivity index (χ3n) is 3.03. The summed E-state index contributed by atoms with van der Waals surface area (Å²) in [5.74, 6) is 0.471. The van der Waals surface area contributed by atoms with Crippen LogP contribution in [0.15, 0.2) is 42.5 Å². The zero-order valence-corrected chi connectivity index (χ0v) is 10.7. The average molecular weight is 272 g/mol. The number of rotatable bonds is 2. The Balaban J connectivity index is 1.67. The first kappa shape index (κ1) is 12.5. The average Bonchev–Trinajstić information content (AvgIpc) is 2.86. The van der Waals surface area contributed by atoms with Crippen LogP contribution < -0.4 is 15.4 Å². The summed E-state index contributed by atoms with van der Waals surface area (Å²) in [6, 6.07) is 10.8. The summed E-state index contributed by atoms with van der Waals surface area (Å²) in [6.45, 7) is 0.675. The molecular weight excluding hydrogens is 259 g/mol. The second-order valence-corrected chi connectivity index (χ2v) is 4.51. The predicted molar refractivity (Wildman–Crippen MR) is 74.7 cm³/mol. The minimum absolute atomic E-state index is 0.391. The standard InChI is InChI=1S/C15H13FN2O2/c16-11-2-1-3-12(9-11)17-15(19)18-13-4-5-14-10(8-13)6-7-20-14/h1-5,8-9H,6-7H2,(H2,17,18,19). The van der Waals surface area contributed by atoms with Gasteiger partial charge >= 0.3 is 6.03 Å². The maximum Gasteiger partial charge on any atom is 0.323 e.